The first kappa shape index (κ1) is 21.5. The number of carbonyl (C=O) groups excluding carboxylic acids is 2. The van der Waals surface area contributed by atoms with Gasteiger partial charge in [0.1, 0.15) is 5.75 Å². The van der Waals surface area contributed by atoms with Gasteiger partial charge < -0.3 is 14.8 Å². The molecule has 0 aromatic heterocycles. The predicted octanol–water partition coefficient (Wildman–Crippen LogP) is 4.16. The highest BCUT2D eigenvalue weighted by Crippen LogP contribution is 2.28. The summed E-state index contributed by atoms with van der Waals surface area (Å²) in [6, 6.07) is 8.80. The van der Waals surface area contributed by atoms with Crippen molar-refractivity contribution in [2.24, 2.45) is 0 Å². The van der Waals surface area contributed by atoms with E-state index < -0.39 is 29.5 Å². The van der Waals surface area contributed by atoms with E-state index >= 15 is 0 Å². The number of nitrogens with zero attached hydrogens (tertiary/aromatic N) is 1. The minimum atomic E-state index is -1.02. The molecule has 0 fully saturated rings. The monoisotopic (exact) mass is 426 g/mol. The molecule has 1 N–H and O–H groups in total. The first-order chi connectivity index (χ1) is 13.2. The van der Waals surface area contributed by atoms with E-state index in [4.69, 9.17) is 32.7 Å². The number of nitro groups is 1. The van der Waals surface area contributed by atoms with Crippen molar-refractivity contribution >= 4 is 46.5 Å². The van der Waals surface area contributed by atoms with E-state index in [1.807, 2.05) is 0 Å². The van der Waals surface area contributed by atoms with Crippen LogP contribution in [-0.2, 0) is 14.3 Å². The number of amides is 1. The van der Waals surface area contributed by atoms with Crippen LogP contribution in [0.5, 0.6) is 5.75 Å². The van der Waals surface area contributed by atoms with Crippen LogP contribution < -0.4 is 10.1 Å². The summed E-state index contributed by atoms with van der Waals surface area (Å²) in [5.74, 6) is -1.18. The van der Waals surface area contributed by atoms with Crippen molar-refractivity contribution in [3.05, 3.63) is 62.1 Å². The minimum Gasteiger partial charge on any atom is -0.477 e. The number of rotatable bonds is 7. The molecule has 0 saturated heterocycles. The van der Waals surface area contributed by atoms with Gasteiger partial charge in [0, 0.05) is 11.1 Å². The van der Waals surface area contributed by atoms with E-state index in [0.29, 0.717) is 10.6 Å². The molecule has 0 saturated carbocycles. The average Bonchev–Trinajstić information content (AvgIpc) is 2.63. The quantitative estimate of drug-likeness (QED) is 0.404. The molecule has 0 bridgehead atoms. The number of carbonyl (C=O) groups is 2. The predicted molar refractivity (Wildman–Crippen MR) is 104 cm³/mol. The molecule has 2 rings (SSSR count). The Morgan fingerprint density at radius 2 is 1.96 bits per heavy atom. The first-order valence-corrected chi connectivity index (χ1v) is 8.77. The van der Waals surface area contributed by atoms with Crippen LogP contribution in [0.1, 0.15) is 12.5 Å². The Hall–Kier alpha value is -2.84. The zero-order valence-corrected chi connectivity index (χ0v) is 16.4. The molecule has 0 heterocycles. The lowest BCUT2D eigenvalue weighted by molar-refractivity contribution is -0.385. The molecule has 10 heteroatoms. The molecule has 1 unspecified atom stereocenters. The largest absolute Gasteiger partial charge is 0.477 e. The van der Waals surface area contributed by atoms with Gasteiger partial charge in [0.15, 0.2) is 12.7 Å². The van der Waals surface area contributed by atoms with Gasteiger partial charge in [0.05, 0.1) is 21.2 Å². The molecular formula is C18H16Cl2N2O6. The SMILES string of the molecule is Cc1c(NC(=O)COC(=O)C(C)Oc2ccc(Cl)cc2Cl)cccc1[N+](=O)[O-]. The van der Waals surface area contributed by atoms with Crippen molar-refractivity contribution in [3.63, 3.8) is 0 Å². The summed E-state index contributed by atoms with van der Waals surface area (Å²) in [7, 11) is 0. The molecule has 0 radical (unpaired) electrons. The number of nitrogens with one attached hydrogen (secondary N) is 1. The van der Waals surface area contributed by atoms with E-state index in [0.717, 1.165) is 0 Å². The number of anilines is 1. The van der Waals surface area contributed by atoms with Crippen LogP contribution >= 0.6 is 23.2 Å². The Morgan fingerprint density at radius 3 is 2.61 bits per heavy atom. The van der Waals surface area contributed by atoms with Gasteiger partial charge in [-0.15, -0.1) is 0 Å². The smallest absolute Gasteiger partial charge is 0.347 e. The first-order valence-electron chi connectivity index (χ1n) is 8.01. The number of esters is 1. The highest BCUT2D eigenvalue weighted by Gasteiger charge is 2.20. The second kappa shape index (κ2) is 9.38. The van der Waals surface area contributed by atoms with Crippen molar-refractivity contribution in [2.45, 2.75) is 20.0 Å². The summed E-state index contributed by atoms with van der Waals surface area (Å²) in [5.41, 5.74) is 0.422. The second-order valence-electron chi connectivity index (χ2n) is 5.70. The van der Waals surface area contributed by atoms with Crippen molar-refractivity contribution in [1.82, 2.24) is 0 Å². The van der Waals surface area contributed by atoms with Gasteiger partial charge in [-0.1, -0.05) is 29.3 Å². The normalized spacial score (nSPS) is 11.4. The zero-order valence-electron chi connectivity index (χ0n) is 14.9. The van der Waals surface area contributed by atoms with E-state index in [1.165, 1.54) is 44.2 Å². The third kappa shape index (κ3) is 5.58. The maximum absolute atomic E-state index is 12.0. The zero-order chi connectivity index (χ0) is 20.8. The van der Waals surface area contributed by atoms with Crippen LogP contribution in [-0.4, -0.2) is 29.5 Å². The summed E-state index contributed by atoms with van der Waals surface area (Å²) in [4.78, 5) is 34.4. The Balaban J connectivity index is 1.91. The van der Waals surface area contributed by atoms with E-state index in [-0.39, 0.29) is 22.1 Å². The fourth-order valence-electron chi connectivity index (χ4n) is 2.21. The summed E-state index contributed by atoms with van der Waals surface area (Å²) in [6.45, 7) is 2.37. The molecular weight excluding hydrogens is 411 g/mol. The van der Waals surface area contributed by atoms with Crippen LogP contribution in [0, 0.1) is 17.0 Å². The van der Waals surface area contributed by atoms with Crippen LogP contribution in [0.4, 0.5) is 11.4 Å². The molecule has 0 aliphatic rings. The van der Waals surface area contributed by atoms with Crippen LogP contribution in [0.2, 0.25) is 10.0 Å². The van der Waals surface area contributed by atoms with Gasteiger partial charge in [-0.05, 0) is 38.1 Å². The van der Waals surface area contributed by atoms with Gasteiger partial charge in [-0.3, -0.25) is 14.9 Å². The summed E-state index contributed by atoms with van der Waals surface area (Å²) >= 11 is 11.8. The highest BCUT2D eigenvalue weighted by molar-refractivity contribution is 6.35. The minimum absolute atomic E-state index is 0.128. The van der Waals surface area contributed by atoms with Gasteiger partial charge in [0.25, 0.3) is 11.6 Å². The fourth-order valence-corrected chi connectivity index (χ4v) is 2.66. The summed E-state index contributed by atoms with van der Waals surface area (Å²) in [6.07, 6.45) is -1.02. The molecule has 2 aromatic carbocycles. The van der Waals surface area contributed by atoms with Crippen molar-refractivity contribution in [2.75, 3.05) is 11.9 Å². The third-order valence-electron chi connectivity index (χ3n) is 3.65. The lowest BCUT2D eigenvalue weighted by Gasteiger charge is -2.15. The Kier molecular flexibility index (Phi) is 7.19. The maximum Gasteiger partial charge on any atom is 0.347 e. The molecule has 0 aliphatic heterocycles. The van der Waals surface area contributed by atoms with Crippen LogP contribution in [0.25, 0.3) is 0 Å². The van der Waals surface area contributed by atoms with Gasteiger partial charge in [-0.25, -0.2) is 4.79 Å². The molecule has 28 heavy (non-hydrogen) atoms. The molecule has 0 spiro atoms. The molecule has 2 aromatic rings. The number of benzene rings is 2. The molecule has 1 amide bonds. The lowest BCUT2D eigenvalue weighted by atomic mass is 10.1. The lowest BCUT2D eigenvalue weighted by Crippen LogP contribution is -2.30. The van der Waals surface area contributed by atoms with E-state index in [9.17, 15) is 19.7 Å². The van der Waals surface area contributed by atoms with Gasteiger partial charge >= 0.3 is 5.97 Å². The number of ether oxygens (including phenoxy) is 2. The second-order valence-corrected chi connectivity index (χ2v) is 6.54. The fraction of sp³-hybridized carbons (Fsp3) is 0.222. The summed E-state index contributed by atoms with van der Waals surface area (Å²) < 4.78 is 10.3. The Morgan fingerprint density at radius 1 is 1.25 bits per heavy atom. The van der Waals surface area contributed by atoms with E-state index in [2.05, 4.69) is 5.32 Å². The topological polar surface area (TPSA) is 108 Å². The molecule has 0 aliphatic carbocycles. The Bertz CT molecular complexity index is 919. The Labute approximate surface area is 170 Å². The van der Waals surface area contributed by atoms with Gasteiger partial charge in [-0.2, -0.15) is 0 Å². The van der Waals surface area contributed by atoms with Crippen molar-refractivity contribution in [3.8, 4) is 5.75 Å². The maximum atomic E-state index is 12.0. The third-order valence-corrected chi connectivity index (χ3v) is 4.18. The van der Waals surface area contributed by atoms with Crippen LogP contribution in [0.15, 0.2) is 36.4 Å². The number of hydrogen-bond donors (Lipinski definition) is 1. The number of hydrogen-bond acceptors (Lipinski definition) is 6. The summed E-state index contributed by atoms with van der Waals surface area (Å²) in [5, 5.41) is 14.0. The number of nitro benzene ring substituents is 1. The average molecular weight is 427 g/mol. The van der Waals surface area contributed by atoms with Crippen molar-refractivity contribution < 1.29 is 24.0 Å². The number of halogens is 2. The van der Waals surface area contributed by atoms with Crippen LogP contribution in [0.3, 0.4) is 0 Å². The molecule has 1 atom stereocenters. The van der Waals surface area contributed by atoms with Gasteiger partial charge in [0.2, 0.25) is 0 Å². The van der Waals surface area contributed by atoms with Crippen molar-refractivity contribution in [1.29, 1.82) is 0 Å². The highest BCUT2D eigenvalue weighted by atomic mass is 35.5. The molecule has 8 nitrogen and oxygen atoms in total. The van der Waals surface area contributed by atoms with E-state index in [1.54, 1.807) is 6.07 Å². The molecule has 148 valence electrons. The standard InChI is InChI=1S/C18H16Cl2N2O6/c1-10-14(4-3-5-15(10)22(25)26)21-17(23)9-27-18(24)11(2)28-16-7-6-12(19)8-13(16)20/h3-8,11H,9H2,1-2H3,(H,21,23).